The fraction of sp³-hybridized carbons (Fsp3) is 0.455. The molecule has 0 N–H and O–H groups in total. The number of rotatable bonds is 4. The average molecular weight is 186 g/mol. The zero-order valence-corrected chi connectivity index (χ0v) is 8.40. The summed E-state index contributed by atoms with van der Waals surface area (Å²) in [6, 6.07) is 0. The van der Waals surface area contributed by atoms with E-state index in [1.54, 1.807) is 13.0 Å². The Morgan fingerprint density at radius 2 is 2.00 bits per heavy atom. The standard InChI is InChI=1S/C11H16F2/c1-5-7-9(3)8-10(4)11(12,13)6-2/h5,7-8H,4,6H2,1-3H3/b7-5-,9-8-. The minimum Gasteiger partial charge on any atom is -0.201 e. The van der Waals surface area contributed by atoms with Crippen molar-refractivity contribution < 1.29 is 8.78 Å². The van der Waals surface area contributed by atoms with Crippen molar-refractivity contribution in [3.63, 3.8) is 0 Å². The Morgan fingerprint density at radius 1 is 1.46 bits per heavy atom. The minimum atomic E-state index is -2.77. The van der Waals surface area contributed by atoms with Gasteiger partial charge >= 0.3 is 0 Å². The molecule has 0 aliphatic rings. The number of alkyl halides is 2. The van der Waals surface area contributed by atoms with Crippen LogP contribution in [0.15, 0.2) is 36.0 Å². The van der Waals surface area contributed by atoms with Crippen LogP contribution in [0.4, 0.5) is 8.78 Å². The lowest BCUT2D eigenvalue weighted by Crippen LogP contribution is -2.15. The van der Waals surface area contributed by atoms with Gasteiger partial charge in [0.05, 0.1) is 0 Å². The summed E-state index contributed by atoms with van der Waals surface area (Å²) in [5.41, 5.74) is 0.672. The van der Waals surface area contributed by atoms with Crippen molar-refractivity contribution in [2.45, 2.75) is 33.1 Å². The zero-order valence-electron chi connectivity index (χ0n) is 8.40. The van der Waals surface area contributed by atoms with Crippen molar-refractivity contribution in [3.8, 4) is 0 Å². The first-order valence-corrected chi connectivity index (χ1v) is 4.32. The van der Waals surface area contributed by atoms with E-state index in [9.17, 15) is 8.78 Å². The first kappa shape index (κ1) is 12.1. The summed E-state index contributed by atoms with van der Waals surface area (Å²) in [4.78, 5) is 0. The van der Waals surface area contributed by atoms with E-state index in [4.69, 9.17) is 0 Å². The molecule has 0 bridgehead atoms. The molecule has 0 radical (unpaired) electrons. The van der Waals surface area contributed by atoms with E-state index in [2.05, 4.69) is 6.58 Å². The summed E-state index contributed by atoms with van der Waals surface area (Å²) in [5.74, 6) is -2.77. The van der Waals surface area contributed by atoms with Gasteiger partial charge in [-0.3, -0.25) is 0 Å². The highest BCUT2D eigenvalue weighted by atomic mass is 19.3. The van der Waals surface area contributed by atoms with Gasteiger partial charge in [0.1, 0.15) is 0 Å². The lowest BCUT2D eigenvalue weighted by atomic mass is 10.1. The summed E-state index contributed by atoms with van der Waals surface area (Å²) in [6.07, 6.45) is 4.80. The van der Waals surface area contributed by atoms with Crippen molar-refractivity contribution in [2.75, 3.05) is 0 Å². The van der Waals surface area contributed by atoms with Gasteiger partial charge in [0.25, 0.3) is 5.92 Å². The molecular weight excluding hydrogens is 170 g/mol. The molecule has 0 fully saturated rings. The summed E-state index contributed by atoms with van der Waals surface area (Å²) >= 11 is 0. The van der Waals surface area contributed by atoms with Gasteiger partial charge < -0.3 is 0 Å². The molecule has 0 amide bonds. The fourth-order valence-electron chi connectivity index (χ4n) is 0.918. The Hall–Kier alpha value is -0.920. The second-order valence-electron chi connectivity index (χ2n) is 2.97. The molecule has 0 heterocycles. The molecule has 0 aromatic heterocycles. The average Bonchev–Trinajstić information content (AvgIpc) is 2.04. The van der Waals surface area contributed by atoms with Crippen LogP contribution in [0.1, 0.15) is 27.2 Å². The second-order valence-corrected chi connectivity index (χ2v) is 2.97. The topological polar surface area (TPSA) is 0 Å². The minimum absolute atomic E-state index is 0.120. The zero-order chi connectivity index (χ0) is 10.5. The highest BCUT2D eigenvalue weighted by Crippen LogP contribution is 2.27. The third-order valence-electron chi connectivity index (χ3n) is 1.75. The first-order valence-electron chi connectivity index (χ1n) is 4.32. The maximum Gasteiger partial charge on any atom is 0.272 e. The maximum atomic E-state index is 13.0. The molecule has 0 saturated heterocycles. The smallest absolute Gasteiger partial charge is 0.201 e. The van der Waals surface area contributed by atoms with Gasteiger partial charge in [-0.05, 0) is 13.8 Å². The predicted octanol–water partition coefficient (Wildman–Crippen LogP) is 4.11. The normalized spacial score (nSPS) is 13.8. The Kier molecular flexibility index (Phi) is 4.60. The van der Waals surface area contributed by atoms with Crippen LogP contribution in [0.25, 0.3) is 0 Å². The Labute approximate surface area is 78.7 Å². The summed E-state index contributed by atoms with van der Waals surface area (Å²) in [5, 5.41) is 0. The molecule has 0 saturated carbocycles. The van der Waals surface area contributed by atoms with Crippen LogP contribution in [-0.4, -0.2) is 5.92 Å². The third kappa shape index (κ3) is 4.02. The molecule has 0 aliphatic heterocycles. The van der Waals surface area contributed by atoms with Gasteiger partial charge in [-0.25, -0.2) is 8.78 Å². The Bertz CT molecular complexity index is 234. The predicted molar refractivity (Wildman–Crippen MR) is 52.9 cm³/mol. The van der Waals surface area contributed by atoms with Crippen LogP contribution in [0.5, 0.6) is 0 Å². The lowest BCUT2D eigenvalue weighted by molar-refractivity contribution is 0.0419. The summed E-state index contributed by atoms with van der Waals surface area (Å²) < 4.78 is 26.0. The fourth-order valence-corrected chi connectivity index (χ4v) is 0.918. The lowest BCUT2D eigenvalue weighted by Gasteiger charge is -2.14. The van der Waals surface area contributed by atoms with Crippen molar-refractivity contribution in [1.29, 1.82) is 0 Å². The molecule has 0 spiro atoms. The molecule has 2 heteroatoms. The molecule has 0 aromatic carbocycles. The van der Waals surface area contributed by atoms with Gasteiger partial charge in [-0.15, -0.1) is 0 Å². The monoisotopic (exact) mass is 186 g/mol. The maximum absolute atomic E-state index is 13.0. The second kappa shape index (κ2) is 4.95. The molecule has 0 aliphatic carbocycles. The number of allylic oxidation sites excluding steroid dienone is 5. The van der Waals surface area contributed by atoms with Gasteiger partial charge in [0.2, 0.25) is 0 Å². The summed E-state index contributed by atoms with van der Waals surface area (Å²) in [6.45, 7) is 8.43. The van der Waals surface area contributed by atoms with E-state index < -0.39 is 5.92 Å². The van der Waals surface area contributed by atoms with E-state index in [1.807, 2.05) is 13.0 Å². The van der Waals surface area contributed by atoms with Crippen molar-refractivity contribution >= 4 is 0 Å². The number of halogens is 2. The van der Waals surface area contributed by atoms with Gasteiger partial charge in [-0.2, -0.15) is 0 Å². The van der Waals surface area contributed by atoms with Crippen LogP contribution in [-0.2, 0) is 0 Å². The van der Waals surface area contributed by atoms with Crippen LogP contribution in [0.3, 0.4) is 0 Å². The molecule has 0 rings (SSSR count). The van der Waals surface area contributed by atoms with Gasteiger partial charge in [0.15, 0.2) is 0 Å². The van der Waals surface area contributed by atoms with Gasteiger partial charge in [0, 0.05) is 12.0 Å². The number of hydrogen-bond donors (Lipinski definition) is 0. The van der Waals surface area contributed by atoms with E-state index in [1.165, 1.54) is 13.0 Å². The van der Waals surface area contributed by atoms with Crippen LogP contribution in [0.2, 0.25) is 0 Å². The molecule has 74 valence electrons. The van der Waals surface area contributed by atoms with Crippen LogP contribution in [0, 0.1) is 0 Å². The SMILES string of the molecule is C=C(/C=C(C)\C=C/C)C(F)(F)CC. The first-order chi connectivity index (χ1) is 5.94. The van der Waals surface area contributed by atoms with E-state index in [0.29, 0.717) is 0 Å². The van der Waals surface area contributed by atoms with Crippen molar-refractivity contribution in [2.24, 2.45) is 0 Å². The largest absolute Gasteiger partial charge is 0.272 e. The van der Waals surface area contributed by atoms with Crippen molar-refractivity contribution in [3.05, 3.63) is 36.0 Å². The molecule has 0 aromatic rings. The molecular formula is C11H16F2. The molecule has 0 atom stereocenters. The van der Waals surface area contributed by atoms with Crippen LogP contribution >= 0.6 is 0 Å². The Morgan fingerprint density at radius 3 is 2.38 bits per heavy atom. The van der Waals surface area contributed by atoms with E-state index >= 15 is 0 Å². The van der Waals surface area contributed by atoms with E-state index in [0.717, 1.165) is 5.57 Å². The van der Waals surface area contributed by atoms with E-state index in [-0.39, 0.29) is 12.0 Å². The number of hydrogen-bond acceptors (Lipinski definition) is 0. The van der Waals surface area contributed by atoms with Crippen molar-refractivity contribution in [1.82, 2.24) is 0 Å². The molecule has 13 heavy (non-hydrogen) atoms. The highest BCUT2D eigenvalue weighted by Gasteiger charge is 2.28. The Balaban J connectivity index is 4.55. The highest BCUT2D eigenvalue weighted by molar-refractivity contribution is 5.30. The third-order valence-corrected chi connectivity index (χ3v) is 1.75. The van der Waals surface area contributed by atoms with Gasteiger partial charge in [-0.1, -0.05) is 37.3 Å². The molecule has 0 nitrogen and oxygen atoms in total. The van der Waals surface area contributed by atoms with Crippen LogP contribution < -0.4 is 0 Å². The molecule has 0 unspecified atom stereocenters. The quantitative estimate of drug-likeness (QED) is 0.579. The summed E-state index contributed by atoms with van der Waals surface area (Å²) in [7, 11) is 0.